The molecule has 28 heavy (non-hydrogen) atoms. The van der Waals surface area contributed by atoms with Gasteiger partial charge in [0.05, 0.1) is 11.8 Å². The van der Waals surface area contributed by atoms with E-state index in [-0.39, 0.29) is 11.9 Å². The van der Waals surface area contributed by atoms with Gasteiger partial charge in [0.25, 0.3) is 0 Å². The van der Waals surface area contributed by atoms with Gasteiger partial charge in [-0.1, -0.05) is 55.8 Å². The average Bonchev–Trinajstić information content (AvgIpc) is 3.07. The van der Waals surface area contributed by atoms with Crippen LogP contribution in [0.2, 0.25) is 5.02 Å². The number of thioether (sulfide) groups is 1. The smallest absolute Gasteiger partial charge is 0.230 e. The first-order valence-electron chi connectivity index (χ1n) is 9.69. The maximum Gasteiger partial charge on any atom is 0.230 e. The van der Waals surface area contributed by atoms with Crippen LogP contribution < -0.4 is 5.32 Å². The zero-order valence-electron chi connectivity index (χ0n) is 17.1. The second-order valence-corrected chi connectivity index (χ2v) is 8.30. The summed E-state index contributed by atoms with van der Waals surface area (Å²) in [5, 5.41) is 13.3. The fraction of sp³-hybridized carbons (Fsp3) is 0.550. The molecule has 154 valence electrons. The molecule has 1 aromatic heterocycles. The second kappa shape index (κ2) is 11.4. The van der Waals surface area contributed by atoms with Gasteiger partial charge in [0.2, 0.25) is 5.91 Å². The Morgan fingerprint density at radius 3 is 2.57 bits per heavy atom. The lowest BCUT2D eigenvalue weighted by Gasteiger charge is -2.23. The normalized spacial score (nSPS) is 12.4. The number of nitrogens with zero attached hydrogens (tertiary/aromatic N) is 4. The number of rotatable bonds is 11. The van der Waals surface area contributed by atoms with Gasteiger partial charge >= 0.3 is 0 Å². The highest BCUT2D eigenvalue weighted by Crippen LogP contribution is 2.25. The highest BCUT2D eigenvalue weighted by Gasteiger charge is 2.22. The molecule has 0 fully saturated rings. The first-order valence-corrected chi connectivity index (χ1v) is 11.1. The van der Waals surface area contributed by atoms with Gasteiger partial charge in [-0.3, -0.25) is 9.69 Å². The van der Waals surface area contributed by atoms with Gasteiger partial charge in [0, 0.05) is 18.1 Å². The molecule has 1 aromatic carbocycles. The van der Waals surface area contributed by atoms with E-state index in [1.807, 2.05) is 24.3 Å². The van der Waals surface area contributed by atoms with Gasteiger partial charge in [0.1, 0.15) is 0 Å². The van der Waals surface area contributed by atoms with Gasteiger partial charge in [0.15, 0.2) is 11.0 Å². The molecule has 1 amide bonds. The number of carbonyl (C=O) groups excluding carboxylic acids is 1. The van der Waals surface area contributed by atoms with Crippen molar-refractivity contribution < 1.29 is 4.79 Å². The van der Waals surface area contributed by atoms with E-state index in [4.69, 9.17) is 11.6 Å². The van der Waals surface area contributed by atoms with Crippen molar-refractivity contribution in [2.24, 2.45) is 0 Å². The lowest BCUT2D eigenvalue weighted by Crippen LogP contribution is -2.25. The van der Waals surface area contributed by atoms with Gasteiger partial charge in [-0.15, -0.1) is 10.2 Å². The van der Waals surface area contributed by atoms with Crippen LogP contribution in [0, 0.1) is 0 Å². The highest BCUT2D eigenvalue weighted by molar-refractivity contribution is 7.99. The Kier molecular flexibility index (Phi) is 9.28. The van der Waals surface area contributed by atoms with E-state index < -0.39 is 0 Å². The quantitative estimate of drug-likeness (QED) is 0.550. The molecule has 6 nitrogen and oxygen atoms in total. The van der Waals surface area contributed by atoms with E-state index >= 15 is 0 Å². The van der Waals surface area contributed by atoms with Crippen molar-refractivity contribution in [2.75, 3.05) is 19.8 Å². The number of amides is 1. The van der Waals surface area contributed by atoms with Gasteiger partial charge in [-0.2, -0.15) is 0 Å². The molecule has 0 bridgehead atoms. The first-order chi connectivity index (χ1) is 13.5. The zero-order chi connectivity index (χ0) is 20.5. The van der Waals surface area contributed by atoms with Crippen molar-refractivity contribution in [1.82, 2.24) is 25.0 Å². The predicted octanol–water partition coefficient (Wildman–Crippen LogP) is 4.15. The van der Waals surface area contributed by atoms with Gasteiger partial charge in [-0.25, -0.2) is 0 Å². The molecule has 0 radical (unpaired) electrons. The maximum absolute atomic E-state index is 12.3. The van der Waals surface area contributed by atoms with Crippen molar-refractivity contribution in [3.05, 3.63) is 40.7 Å². The van der Waals surface area contributed by atoms with Crippen molar-refractivity contribution in [3.8, 4) is 0 Å². The zero-order valence-corrected chi connectivity index (χ0v) is 18.7. The molecule has 0 spiro atoms. The van der Waals surface area contributed by atoms with Crippen LogP contribution in [0.5, 0.6) is 0 Å². The van der Waals surface area contributed by atoms with E-state index in [2.05, 4.69) is 52.9 Å². The summed E-state index contributed by atoms with van der Waals surface area (Å²) >= 11 is 7.33. The maximum atomic E-state index is 12.3. The number of unbranched alkanes of at least 4 members (excludes halogenated alkanes) is 1. The summed E-state index contributed by atoms with van der Waals surface area (Å²) in [6.07, 6.45) is 3.12. The van der Waals surface area contributed by atoms with Crippen LogP contribution in [0.25, 0.3) is 0 Å². The molecular formula is C20H30ClN5OS. The van der Waals surface area contributed by atoms with Crippen LogP contribution in [0.4, 0.5) is 0 Å². The number of halogens is 1. The topological polar surface area (TPSA) is 63.1 Å². The Labute approximate surface area is 177 Å². The summed E-state index contributed by atoms with van der Waals surface area (Å²) in [5.74, 6) is 1.27. The highest BCUT2D eigenvalue weighted by atomic mass is 35.5. The summed E-state index contributed by atoms with van der Waals surface area (Å²) in [6.45, 7) is 5.69. The largest absolute Gasteiger partial charge is 0.351 e. The number of benzene rings is 1. The van der Waals surface area contributed by atoms with Crippen molar-refractivity contribution in [2.45, 2.75) is 57.4 Å². The van der Waals surface area contributed by atoms with Gasteiger partial charge < -0.3 is 9.88 Å². The Hall–Kier alpha value is -1.57. The lowest BCUT2D eigenvalue weighted by atomic mass is 10.2. The standard InChI is InChI=1S/C20H30ClN5OS/c1-5-7-12-26-19(17(6-2)25(3)4)23-24-20(26)28-14-18(27)22-13-15-8-10-16(21)11-9-15/h8-11,17H,5-7,12-14H2,1-4H3,(H,22,27)/t17-/m1/s1. The number of aromatic nitrogens is 3. The Balaban J connectivity index is 1.98. The molecule has 0 saturated carbocycles. The Morgan fingerprint density at radius 2 is 1.96 bits per heavy atom. The van der Waals surface area contributed by atoms with E-state index in [9.17, 15) is 4.79 Å². The third-order valence-electron chi connectivity index (χ3n) is 4.52. The van der Waals surface area contributed by atoms with E-state index in [0.29, 0.717) is 17.3 Å². The minimum atomic E-state index is -0.0220. The second-order valence-electron chi connectivity index (χ2n) is 6.93. The Bertz CT molecular complexity index is 748. The molecule has 0 aliphatic carbocycles. The lowest BCUT2D eigenvalue weighted by molar-refractivity contribution is -0.118. The number of hydrogen-bond donors (Lipinski definition) is 1. The van der Waals surface area contributed by atoms with E-state index in [1.165, 1.54) is 11.8 Å². The van der Waals surface area contributed by atoms with Crippen LogP contribution in [-0.4, -0.2) is 45.4 Å². The summed E-state index contributed by atoms with van der Waals surface area (Å²) in [4.78, 5) is 14.4. The molecule has 2 rings (SSSR count). The van der Waals surface area contributed by atoms with Crippen LogP contribution in [0.1, 0.15) is 50.5 Å². The minimum absolute atomic E-state index is 0.0220. The average molecular weight is 424 g/mol. The molecule has 0 saturated heterocycles. The van der Waals surface area contributed by atoms with E-state index in [0.717, 1.165) is 42.4 Å². The summed E-state index contributed by atoms with van der Waals surface area (Å²) in [7, 11) is 4.12. The molecule has 8 heteroatoms. The van der Waals surface area contributed by atoms with Crippen molar-refractivity contribution in [3.63, 3.8) is 0 Å². The molecule has 0 aliphatic heterocycles. The summed E-state index contributed by atoms with van der Waals surface area (Å²) in [6, 6.07) is 7.69. The monoisotopic (exact) mass is 423 g/mol. The van der Waals surface area contributed by atoms with Crippen LogP contribution in [-0.2, 0) is 17.9 Å². The van der Waals surface area contributed by atoms with Crippen LogP contribution in [0.3, 0.4) is 0 Å². The molecule has 1 N–H and O–H groups in total. The van der Waals surface area contributed by atoms with Crippen LogP contribution >= 0.6 is 23.4 Å². The molecular weight excluding hydrogens is 394 g/mol. The fourth-order valence-corrected chi connectivity index (χ4v) is 3.87. The third kappa shape index (κ3) is 6.50. The molecule has 1 heterocycles. The van der Waals surface area contributed by atoms with Crippen molar-refractivity contribution >= 4 is 29.3 Å². The van der Waals surface area contributed by atoms with E-state index in [1.54, 1.807) is 0 Å². The minimum Gasteiger partial charge on any atom is -0.351 e. The fourth-order valence-electron chi connectivity index (χ4n) is 2.94. The number of nitrogens with one attached hydrogen (secondary N) is 1. The van der Waals surface area contributed by atoms with Crippen molar-refractivity contribution in [1.29, 1.82) is 0 Å². The van der Waals surface area contributed by atoms with Crippen LogP contribution in [0.15, 0.2) is 29.4 Å². The predicted molar refractivity (Wildman–Crippen MR) is 116 cm³/mol. The summed E-state index contributed by atoms with van der Waals surface area (Å²) < 4.78 is 2.18. The molecule has 0 aliphatic rings. The third-order valence-corrected chi connectivity index (χ3v) is 5.74. The summed E-state index contributed by atoms with van der Waals surface area (Å²) in [5.41, 5.74) is 1.02. The SMILES string of the molecule is CCCCn1c(SCC(=O)NCc2ccc(Cl)cc2)nnc1[C@@H](CC)N(C)C. The first kappa shape index (κ1) is 22.7. The number of carbonyl (C=O) groups is 1. The molecule has 1 atom stereocenters. The molecule has 0 unspecified atom stereocenters. The molecule has 2 aromatic rings. The Morgan fingerprint density at radius 1 is 1.25 bits per heavy atom. The number of hydrogen-bond acceptors (Lipinski definition) is 5. The van der Waals surface area contributed by atoms with Gasteiger partial charge in [-0.05, 0) is 44.6 Å².